The topological polar surface area (TPSA) is 92.7 Å². The number of ether oxygens (including phenoxy) is 1. The zero-order chi connectivity index (χ0) is 12.1. The van der Waals surface area contributed by atoms with Crippen molar-refractivity contribution in [2.75, 3.05) is 12.4 Å². The molecule has 0 unspecified atom stereocenters. The average molecular weight is 223 g/mol. The van der Waals surface area contributed by atoms with Gasteiger partial charge in [0.15, 0.2) is 5.75 Å². The second-order valence-corrected chi connectivity index (χ2v) is 2.81. The first kappa shape index (κ1) is 11.7. The number of carboxylic acids is 1. The quantitative estimate of drug-likeness (QED) is 0.692. The fraction of sp³-hybridized carbons (Fsp3) is 0.100. The van der Waals surface area contributed by atoms with E-state index in [2.05, 4.69) is 5.32 Å². The smallest absolute Gasteiger partial charge is 0.394 e. The van der Waals surface area contributed by atoms with Gasteiger partial charge in [0.1, 0.15) is 0 Å². The molecular weight excluding hydrogens is 214 g/mol. The molecule has 2 N–H and O–H groups in total. The lowest BCUT2D eigenvalue weighted by Gasteiger charge is -1.97. The first-order valence-electron chi connectivity index (χ1n) is 4.27. The fourth-order valence-electron chi connectivity index (χ4n) is 0.987. The number of carbonyl (C=O) groups is 2. The third-order valence-electron chi connectivity index (χ3n) is 1.74. The van der Waals surface area contributed by atoms with Crippen LogP contribution in [0.4, 0.5) is 5.69 Å². The molecule has 0 aliphatic heterocycles. The monoisotopic (exact) mass is 223 g/mol. The van der Waals surface area contributed by atoms with E-state index in [0.717, 1.165) is 0 Å². The van der Waals surface area contributed by atoms with Gasteiger partial charge < -0.3 is 15.2 Å². The van der Waals surface area contributed by atoms with E-state index in [1.54, 1.807) is 0 Å². The van der Waals surface area contributed by atoms with E-state index in [4.69, 9.17) is 9.84 Å². The van der Waals surface area contributed by atoms with Crippen LogP contribution in [0.2, 0.25) is 0 Å². The maximum absolute atomic E-state index is 11.3. The third kappa shape index (κ3) is 2.81. The normalized spacial score (nSPS) is 9.31. The third-order valence-corrected chi connectivity index (χ3v) is 1.74. The van der Waals surface area contributed by atoms with Crippen molar-refractivity contribution in [1.82, 2.24) is 0 Å². The average Bonchev–Trinajstić information content (AvgIpc) is 2.41. The molecule has 0 heterocycles. The molecule has 0 saturated heterocycles. The highest BCUT2D eigenvalue weighted by Crippen LogP contribution is 2.07. The van der Waals surface area contributed by atoms with Crippen molar-refractivity contribution in [3.8, 4) is 5.75 Å². The van der Waals surface area contributed by atoms with E-state index in [0.29, 0.717) is 0 Å². The maximum Gasteiger partial charge on any atom is 0.394 e. The van der Waals surface area contributed by atoms with Gasteiger partial charge in [0.05, 0.1) is 7.11 Å². The number of rotatable bonds is 2. The largest absolute Gasteiger partial charge is 0.493 e. The molecule has 1 aromatic carbocycles. The minimum atomic E-state index is -1.60. The van der Waals surface area contributed by atoms with E-state index in [1.807, 2.05) is 0 Å². The molecule has 0 aliphatic rings. The van der Waals surface area contributed by atoms with Crippen molar-refractivity contribution < 1.29 is 19.4 Å². The van der Waals surface area contributed by atoms with E-state index < -0.39 is 11.9 Å². The Morgan fingerprint density at radius 1 is 1.25 bits per heavy atom. The number of amides is 1. The number of hydrogen-bond acceptors (Lipinski definition) is 4. The van der Waals surface area contributed by atoms with Crippen LogP contribution in [-0.2, 0) is 9.59 Å². The first-order valence-corrected chi connectivity index (χ1v) is 4.27. The number of carboxylic acid groups (broad SMARTS) is 1. The number of hydrogen-bond donors (Lipinski definition) is 2. The summed E-state index contributed by atoms with van der Waals surface area (Å²) in [6, 6.07) is 5.20. The van der Waals surface area contributed by atoms with Crippen molar-refractivity contribution in [1.29, 1.82) is 0 Å². The summed E-state index contributed by atoms with van der Waals surface area (Å²) in [5.41, 5.74) is -0.161. The van der Waals surface area contributed by atoms with Gasteiger partial charge in [0.2, 0.25) is 5.43 Å². The summed E-state index contributed by atoms with van der Waals surface area (Å²) in [7, 11) is 1.34. The van der Waals surface area contributed by atoms with Crippen molar-refractivity contribution in [3.63, 3.8) is 0 Å². The van der Waals surface area contributed by atoms with Crippen LogP contribution < -0.4 is 15.5 Å². The van der Waals surface area contributed by atoms with Crippen LogP contribution in [0.3, 0.4) is 0 Å². The second-order valence-electron chi connectivity index (χ2n) is 2.81. The predicted molar refractivity (Wildman–Crippen MR) is 55.5 cm³/mol. The van der Waals surface area contributed by atoms with E-state index in [9.17, 15) is 14.4 Å². The SMILES string of the molecule is COc1ccc(NC(=O)C(=O)O)ccc1=O. The molecule has 84 valence electrons. The lowest BCUT2D eigenvalue weighted by molar-refractivity contribution is -0.147. The number of aliphatic carboxylic acids is 1. The van der Waals surface area contributed by atoms with E-state index in [1.165, 1.54) is 31.4 Å². The van der Waals surface area contributed by atoms with Gasteiger partial charge in [0.25, 0.3) is 0 Å². The number of carbonyl (C=O) groups excluding carboxylic acids is 1. The van der Waals surface area contributed by atoms with Crippen molar-refractivity contribution in [2.45, 2.75) is 0 Å². The van der Waals surface area contributed by atoms with Gasteiger partial charge in [-0.1, -0.05) is 0 Å². The Hall–Kier alpha value is -2.37. The molecular formula is C10H9NO5. The van der Waals surface area contributed by atoms with Crippen LogP contribution in [0, 0.1) is 0 Å². The Bertz CT molecular complexity index is 483. The Morgan fingerprint density at radius 2 is 1.88 bits per heavy atom. The molecule has 1 rings (SSSR count). The lowest BCUT2D eigenvalue weighted by atomic mass is 10.4. The zero-order valence-corrected chi connectivity index (χ0v) is 8.39. The highest BCUT2D eigenvalue weighted by molar-refractivity contribution is 6.36. The van der Waals surface area contributed by atoms with E-state index >= 15 is 0 Å². The molecule has 0 fully saturated rings. The Morgan fingerprint density at radius 3 is 2.44 bits per heavy atom. The molecule has 0 saturated carbocycles. The summed E-state index contributed by atoms with van der Waals surface area (Å²) in [4.78, 5) is 32.4. The molecule has 6 heteroatoms. The summed E-state index contributed by atoms with van der Waals surface area (Å²) >= 11 is 0. The number of methoxy groups -OCH3 is 1. The van der Waals surface area contributed by atoms with E-state index in [-0.39, 0.29) is 16.9 Å². The molecule has 6 nitrogen and oxygen atoms in total. The minimum Gasteiger partial charge on any atom is -0.493 e. The van der Waals surface area contributed by atoms with Crippen LogP contribution in [0.1, 0.15) is 0 Å². The maximum atomic E-state index is 11.3. The van der Waals surface area contributed by atoms with Crippen LogP contribution >= 0.6 is 0 Å². The Balaban J connectivity index is 3.01. The van der Waals surface area contributed by atoms with Gasteiger partial charge in [-0.2, -0.15) is 0 Å². The van der Waals surface area contributed by atoms with Crippen molar-refractivity contribution in [2.24, 2.45) is 0 Å². The molecule has 0 spiro atoms. The summed E-state index contributed by atoms with van der Waals surface area (Å²) in [6.45, 7) is 0. The number of nitrogens with one attached hydrogen (secondary N) is 1. The molecule has 0 aliphatic carbocycles. The van der Waals surface area contributed by atoms with Gasteiger partial charge in [0, 0.05) is 5.69 Å². The van der Waals surface area contributed by atoms with Crippen molar-refractivity contribution >= 4 is 17.6 Å². The highest BCUT2D eigenvalue weighted by Gasteiger charge is 2.10. The summed E-state index contributed by atoms with van der Waals surface area (Å²) in [5, 5.41) is 10.5. The Kier molecular flexibility index (Phi) is 3.60. The lowest BCUT2D eigenvalue weighted by Crippen LogP contribution is -2.21. The van der Waals surface area contributed by atoms with Crippen LogP contribution in [-0.4, -0.2) is 24.1 Å². The van der Waals surface area contributed by atoms with Crippen LogP contribution in [0.15, 0.2) is 29.1 Å². The molecule has 0 atom stereocenters. The van der Waals surface area contributed by atoms with Crippen LogP contribution in [0.5, 0.6) is 5.75 Å². The fourth-order valence-corrected chi connectivity index (χ4v) is 0.987. The second kappa shape index (κ2) is 4.92. The summed E-state index contributed by atoms with van der Waals surface area (Å²) in [6.07, 6.45) is 0. The highest BCUT2D eigenvalue weighted by atomic mass is 16.5. The zero-order valence-electron chi connectivity index (χ0n) is 8.39. The van der Waals surface area contributed by atoms with Gasteiger partial charge in [-0.05, 0) is 24.3 Å². The standard InChI is InChI=1S/C10H9NO5/c1-16-8-5-3-6(2-4-7(8)12)11-9(13)10(14)15/h2-5H,1H3,(H,11,13)(H,14,15). The van der Waals surface area contributed by atoms with Crippen molar-refractivity contribution in [3.05, 3.63) is 34.5 Å². The van der Waals surface area contributed by atoms with Gasteiger partial charge in [-0.15, -0.1) is 0 Å². The predicted octanol–water partition coefficient (Wildman–Crippen LogP) is 0.0785. The molecule has 0 aromatic heterocycles. The van der Waals surface area contributed by atoms with Gasteiger partial charge in [-0.25, -0.2) is 4.79 Å². The Labute approximate surface area is 90.5 Å². The molecule has 0 bridgehead atoms. The van der Waals surface area contributed by atoms with Gasteiger partial charge >= 0.3 is 11.9 Å². The van der Waals surface area contributed by atoms with Gasteiger partial charge in [-0.3, -0.25) is 9.59 Å². The van der Waals surface area contributed by atoms with Crippen LogP contribution in [0.25, 0.3) is 0 Å². The molecule has 0 radical (unpaired) electrons. The molecule has 1 aromatic rings. The number of anilines is 1. The molecule has 1 amide bonds. The molecule has 16 heavy (non-hydrogen) atoms. The minimum absolute atomic E-state index is 0.107. The summed E-state index contributed by atoms with van der Waals surface area (Å²) in [5.74, 6) is -2.66. The first-order chi connectivity index (χ1) is 7.54. The summed E-state index contributed by atoms with van der Waals surface area (Å²) < 4.78 is 4.77.